The molecule has 0 radical (unpaired) electrons. The maximum Gasteiger partial charge on any atom is 0.317 e. The highest BCUT2D eigenvalue weighted by Crippen LogP contribution is 2.29. The van der Waals surface area contributed by atoms with Gasteiger partial charge in [0.25, 0.3) is 0 Å². The molecule has 0 saturated heterocycles. The number of amides is 2. The van der Waals surface area contributed by atoms with E-state index in [1.54, 1.807) is 23.7 Å². The van der Waals surface area contributed by atoms with E-state index in [0.717, 1.165) is 37.9 Å². The van der Waals surface area contributed by atoms with Crippen molar-refractivity contribution in [1.29, 1.82) is 0 Å². The van der Waals surface area contributed by atoms with Gasteiger partial charge in [0.2, 0.25) is 0 Å². The largest absolute Gasteiger partial charge is 0.481 e. The molecule has 5 nitrogen and oxygen atoms in total. The van der Waals surface area contributed by atoms with Gasteiger partial charge in [0.1, 0.15) is 0 Å². The lowest BCUT2D eigenvalue weighted by Gasteiger charge is -2.30. The number of carboxylic acids is 1. The Morgan fingerprint density at radius 3 is 2.67 bits per heavy atom. The van der Waals surface area contributed by atoms with E-state index >= 15 is 0 Å². The summed E-state index contributed by atoms with van der Waals surface area (Å²) in [6, 6.07) is 0.0948. The number of hydrogen-bond acceptors (Lipinski definition) is 3. The van der Waals surface area contributed by atoms with Crippen LogP contribution in [0.15, 0.2) is 0 Å². The topological polar surface area (TPSA) is 69.6 Å². The molecule has 0 bridgehead atoms. The fourth-order valence-corrected chi connectivity index (χ4v) is 3.38. The van der Waals surface area contributed by atoms with Gasteiger partial charge in [-0.1, -0.05) is 12.8 Å². The first-order valence-corrected chi connectivity index (χ1v) is 9.09. The zero-order valence-corrected chi connectivity index (χ0v) is 14.1. The SMILES string of the molecule is CSCCC(C)N(C)C(=O)NCC1CCCCC1C(=O)O. The minimum Gasteiger partial charge on any atom is -0.481 e. The highest BCUT2D eigenvalue weighted by molar-refractivity contribution is 7.98. The summed E-state index contributed by atoms with van der Waals surface area (Å²) < 4.78 is 0. The summed E-state index contributed by atoms with van der Waals surface area (Å²) in [6.45, 7) is 2.51. The van der Waals surface area contributed by atoms with E-state index in [-0.39, 0.29) is 23.9 Å². The molecule has 0 heterocycles. The molecule has 6 heteroatoms. The smallest absolute Gasteiger partial charge is 0.317 e. The predicted molar refractivity (Wildman–Crippen MR) is 86.7 cm³/mol. The molecule has 2 amide bonds. The highest BCUT2D eigenvalue weighted by Gasteiger charge is 2.31. The number of rotatable bonds is 7. The monoisotopic (exact) mass is 316 g/mol. The van der Waals surface area contributed by atoms with Crippen LogP contribution in [-0.2, 0) is 4.79 Å². The fourth-order valence-electron chi connectivity index (χ4n) is 2.80. The van der Waals surface area contributed by atoms with E-state index < -0.39 is 5.97 Å². The zero-order chi connectivity index (χ0) is 15.8. The average Bonchev–Trinajstić information content (AvgIpc) is 2.49. The summed E-state index contributed by atoms with van der Waals surface area (Å²) in [4.78, 5) is 25.1. The number of thioether (sulfide) groups is 1. The molecule has 1 rings (SSSR count). The van der Waals surface area contributed by atoms with Crippen LogP contribution in [0.25, 0.3) is 0 Å². The van der Waals surface area contributed by atoms with Crippen LogP contribution in [0.2, 0.25) is 0 Å². The first-order valence-electron chi connectivity index (χ1n) is 7.69. The van der Waals surface area contributed by atoms with E-state index in [4.69, 9.17) is 0 Å². The lowest BCUT2D eigenvalue weighted by molar-refractivity contribution is -0.144. The molecule has 1 saturated carbocycles. The summed E-state index contributed by atoms with van der Waals surface area (Å²) in [6.07, 6.45) is 6.68. The molecule has 0 aromatic carbocycles. The molecule has 2 N–H and O–H groups in total. The Kier molecular flexibility index (Phi) is 7.93. The number of urea groups is 1. The minimum atomic E-state index is -0.726. The minimum absolute atomic E-state index is 0.0649. The quantitative estimate of drug-likeness (QED) is 0.757. The van der Waals surface area contributed by atoms with Crippen LogP contribution in [-0.4, -0.2) is 53.6 Å². The van der Waals surface area contributed by atoms with Crippen molar-refractivity contribution < 1.29 is 14.7 Å². The molecule has 3 atom stereocenters. The molecular formula is C15H28N2O3S. The Morgan fingerprint density at radius 2 is 2.05 bits per heavy atom. The molecule has 3 unspecified atom stereocenters. The highest BCUT2D eigenvalue weighted by atomic mass is 32.2. The maximum absolute atomic E-state index is 12.1. The van der Waals surface area contributed by atoms with Crippen LogP contribution in [0.5, 0.6) is 0 Å². The van der Waals surface area contributed by atoms with E-state index in [2.05, 4.69) is 11.6 Å². The molecule has 0 aromatic heterocycles. The maximum atomic E-state index is 12.1. The van der Waals surface area contributed by atoms with Crippen molar-refractivity contribution in [2.24, 2.45) is 11.8 Å². The normalized spacial score (nSPS) is 23.4. The summed E-state index contributed by atoms with van der Waals surface area (Å²) in [5.74, 6) is 0.0618. The van der Waals surface area contributed by atoms with Gasteiger partial charge in [-0.3, -0.25) is 4.79 Å². The number of carbonyl (C=O) groups is 2. The Labute approximate surface area is 131 Å². The molecule has 1 fully saturated rings. The van der Waals surface area contributed by atoms with Gasteiger partial charge in [-0.25, -0.2) is 4.79 Å². The molecule has 21 heavy (non-hydrogen) atoms. The first-order chi connectivity index (χ1) is 9.97. The number of carboxylic acid groups (broad SMARTS) is 1. The lowest BCUT2D eigenvalue weighted by Crippen LogP contribution is -2.45. The molecular weight excluding hydrogens is 288 g/mol. The Balaban J connectivity index is 2.41. The molecule has 0 aromatic rings. The second-order valence-electron chi connectivity index (χ2n) is 5.92. The standard InChI is InChI=1S/C15H28N2O3S/c1-11(8-9-21-3)17(2)15(20)16-10-12-6-4-5-7-13(12)14(18)19/h11-13H,4-10H2,1-3H3,(H,16,20)(H,18,19). The van der Waals surface area contributed by atoms with Gasteiger partial charge in [-0.2, -0.15) is 11.8 Å². The number of aliphatic carboxylic acids is 1. The molecule has 0 aliphatic heterocycles. The summed E-state index contributed by atoms with van der Waals surface area (Å²) in [5, 5.41) is 12.2. The van der Waals surface area contributed by atoms with Crippen LogP contribution < -0.4 is 5.32 Å². The Bertz CT molecular complexity index is 352. The second kappa shape index (κ2) is 9.18. The first kappa shape index (κ1) is 18.1. The van der Waals surface area contributed by atoms with Crippen LogP contribution in [0.4, 0.5) is 4.79 Å². The number of nitrogens with one attached hydrogen (secondary N) is 1. The predicted octanol–water partition coefficient (Wildman–Crippen LogP) is 2.66. The van der Waals surface area contributed by atoms with Crippen LogP contribution in [0, 0.1) is 11.8 Å². The molecule has 122 valence electrons. The van der Waals surface area contributed by atoms with E-state index in [0.29, 0.717) is 6.54 Å². The van der Waals surface area contributed by atoms with Crippen LogP contribution in [0.3, 0.4) is 0 Å². The number of carbonyl (C=O) groups excluding carboxylic acids is 1. The van der Waals surface area contributed by atoms with E-state index in [9.17, 15) is 14.7 Å². The summed E-state index contributed by atoms with van der Waals surface area (Å²) in [5.41, 5.74) is 0. The van der Waals surface area contributed by atoms with Gasteiger partial charge in [-0.15, -0.1) is 0 Å². The number of hydrogen-bond donors (Lipinski definition) is 2. The van der Waals surface area contributed by atoms with Gasteiger partial charge in [0.15, 0.2) is 0 Å². The van der Waals surface area contributed by atoms with Crippen molar-refractivity contribution in [2.45, 2.75) is 45.1 Å². The summed E-state index contributed by atoms with van der Waals surface area (Å²) >= 11 is 1.78. The van der Waals surface area contributed by atoms with Crippen molar-refractivity contribution in [2.75, 3.05) is 25.6 Å². The van der Waals surface area contributed by atoms with Gasteiger partial charge >= 0.3 is 12.0 Å². The third kappa shape index (κ3) is 5.77. The summed E-state index contributed by atoms with van der Waals surface area (Å²) in [7, 11) is 1.80. The van der Waals surface area contributed by atoms with Crippen molar-refractivity contribution in [3.05, 3.63) is 0 Å². The number of nitrogens with zero attached hydrogens (tertiary/aromatic N) is 1. The van der Waals surface area contributed by atoms with Crippen molar-refractivity contribution in [3.8, 4) is 0 Å². The molecule has 1 aliphatic rings. The molecule has 1 aliphatic carbocycles. The van der Waals surface area contributed by atoms with Gasteiger partial charge in [-0.05, 0) is 44.1 Å². The Hall–Kier alpha value is -0.910. The van der Waals surface area contributed by atoms with E-state index in [1.807, 2.05) is 6.92 Å². The second-order valence-corrected chi connectivity index (χ2v) is 6.90. The zero-order valence-electron chi connectivity index (χ0n) is 13.3. The van der Waals surface area contributed by atoms with E-state index in [1.165, 1.54) is 0 Å². The Morgan fingerprint density at radius 1 is 1.38 bits per heavy atom. The third-order valence-electron chi connectivity index (χ3n) is 4.46. The van der Waals surface area contributed by atoms with Crippen molar-refractivity contribution in [1.82, 2.24) is 10.2 Å². The van der Waals surface area contributed by atoms with Crippen LogP contribution in [0.1, 0.15) is 39.0 Å². The van der Waals surface area contributed by atoms with Gasteiger partial charge in [0.05, 0.1) is 5.92 Å². The van der Waals surface area contributed by atoms with Crippen molar-refractivity contribution >= 4 is 23.8 Å². The third-order valence-corrected chi connectivity index (χ3v) is 5.11. The van der Waals surface area contributed by atoms with Crippen molar-refractivity contribution in [3.63, 3.8) is 0 Å². The van der Waals surface area contributed by atoms with Gasteiger partial charge in [0, 0.05) is 19.6 Å². The fraction of sp³-hybridized carbons (Fsp3) is 0.867. The lowest BCUT2D eigenvalue weighted by atomic mass is 9.79. The average molecular weight is 316 g/mol. The van der Waals surface area contributed by atoms with Crippen LogP contribution >= 0.6 is 11.8 Å². The molecule has 0 spiro atoms. The van der Waals surface area contributed by atoms with Gasteiger partial charge < -0.3 is 15.3 Å².